The summed E-state index contributed by atoms with van der Waals surface area (Å²) in [5.74, 6) is 0.516. The van der Waals surface area contributed by atoms with Gasteiger partial charge in [0.1, 0.15) is 0 Å². The van der Waals surface area contributed by atoms with Crippen LogP contribution in [0.1, 0.15) is 34.1 Å². The average molecular weight is 260 g/mol. The summed E-state index contributed by atoms with van der Waals surface area (Å²) in [6, 6.07) is 0. The van der Waals surface area contributed by atoms with Gasteiger partial charge in [0.2, 0.25) is 5.91 Å². The molecular formula is C13H28N2O3. The van der Waals surface area contributed by atoms with E-state index in [0.717, 1.165) is 13.0 Å². The summed E-state index contributed by atoms with van der Waals surface area (Å²) in [5.41, 5.74) is 0. The van der Waals surface area contributed by atoms with Crippen LogP contribution in [0.15, 0.2) is 0 Å². The minimum Gasteiger partial charge on any atom is -0.355 e. The highest BCUT2D eigenvalue weighted by atomic mass is 16.7. The Bertz CT molecular complexity index is 204. The van der Waals surface area contributed by atoms with E-state index in [1.165, 1.54) is 0 Å². The molecule has 0 saturated heterocycles. The summed E-state index contributed by atoms with van der Waals surface area (Å²) in [4.78, 5) is 11.4. The zero-order chi connectivity index (χ0) is 13.8. The molecule has 0 radical (unpaired) electrons. The Morgan fingerprint density at radius 2 is 1.78 bits per heavy atom. The van der Waals surface area contributed by atoms with Crippen molar-refractivity contribution in [1.82, 2.24) is 10.6 Å². The minimum atomic E-state index is -0.175. The Kier molecular flexibility index (Phi) is 11.0. The fraction of sp³-hybridized carbons (Fsp3) is 0.923. The maximum absolute atomic E-state index is 11.4. The maximum atomic E-state index is 11.4. The van der Waals surface area contributed by atoms with Gasteiger partial charge in [0.15, 0.2) is 6.29 Å². The molecule has 108 valence electrons. The van der Waals surface area contributed by atoms with E-state index in [4.69, 9.17) is 9.47 Å². The van der Waals surface area contributed by atoms with E-state index in [1.54, 1.807) is 0 Å². The SMILES string of the molecule is CCOC(CCNCC(=O)NCC(C)C)OCC. The van der Waals surface area contributed by atoms with Gasteiger partial charge >= 0.3 is 0 Å². The van der Waals surface area contributed by atoms with Gasteiger partial charge in [-0.05, 0) is 19.8 Å². The first-order valence-corrected chi connectivity index (χ1v) is 6.80. The van der Waals surface area contributed by atoms with E-state index >= 15 is 0 Å². The van der Waals surface area contributed by atoms with Crippen molar-refractivity contribution in [3.8, 4) is 0 Å². The van der Waals surface area contributed by atoms with E-state index < -0.39 is 0 Å². The lowest BCUT2D eigenvalue weighted by molar-refractivity contribution is -0.139. The topological polar surface area (TPSA) is 59.6 Å². The number of hydrogen-bond donors (Lipinski definition) is 2. The Morgan fingerprint density at radius 3 is 2.28 bits per heavy atom. The van der Waals surface area contributed by atoms with E-state index in [0.29, 0.717) is 32.2 Å². The van der Waals surface area contributed by atoms with Crippen molar-refractivity contribution in [3.63, 3.8) is 0 Å². The Labute approximate surface area is 111 Å². The monoisotopic (exact) mass is 260 g/mol. The van der Waals surface area contributed by atoms with Crippen LogP contribution in [-0.4, -0.2) is 45.0 Å². The molecule has 18 heavy (non-hydrogen) atoms. The highest BCUT2D eigenvalue weighted by Crippen LogP contribution is 1.99. The van der Waals surface area contributed by atoms with Gasteiger partial charge in [0.25, 0.3) is 0 Å². The van der Waals surface area contributed by atoms with Gasteiger partial charge in [0, 0.05) is 32.7 Å². The molecule has 0 bridgehead atoms. The predicted octanol–water partition coefficient (Wildman–Crippen LogP) is 1.14. The molecule has 2 N–H and O–H groups in total. The summed E-state index contributed by atoms with van der Waals surface area (Å²) in [6.07, 6.45) is 0.574. The number of amides is 1. The largest absolute Gasteiger partial charge is 0.355 e. The smallest absolute Gasteiger partial charge is 0.233 e. The van der Waals surface area contributed by atoms with Gasteiger partial charge in [-0.25, -0.2) is 0 Å². The van der Waals surface area contributed by atoms with E-state index in [1.807, 2.05) is 13.8 Å². The third kappa shape index (κ3) is 10.5. The lowest BCUT2D eigenvalue weighted by atomic mass is 10.2. The highest BCUT2D eigenvalue weighted by molar-refractivity contribution is 5.77. The molecule has 0 aliphatic rings. The second-order valence-corrected chi connectivity index (χ2v) is 4.50. The van der Waals surface area contributed by atoms with Gasteiger partial charge in [-0.15, -0.1) is 0 Å². The van der Waals surface area contributed by atoms with Crippen LogP contribution in [0.3, 0.4) is 0 Å². The molecule has 0 unspecified atom stereocenters. The number of nitrogens with one attached hydrogen (secondary N) is 2. The molecule has 0 rings (SSSR count). The lowest BCUT2D eigenvalue weighted by Crippen LogP contribution is -2.37. The van der Waals surface area contributed by atoms with Crippen molar-refractivity contribution in [2.45, 2.75) is 40.4 Å². The second kappa shape index (κ2) is 11.4. The van der Waals surface area contributed by atoms with Crippen molar-refractivity contribution in [3.05, 3.63) is 0 Å². The highest BCUT2D eigenvalue weighted by Gasteiger charge is 2.07. The van der Waals surface area contributed by atoms with Crippen LogP contribution >= 0.6 is 0 Å². The number of carbonyl (C=O) groups excluding carboxylic acids is 1. The van der Waals surface area contributed by atoms with Gasteiger partial charge in [-0.2, -0.15) is 0 Å². The predicted molar refractivity (Wildman–Crippen MR) is 72.4 cm³/mol. The fourth-order valence-electron chi connectivity index (χ4n) is 1.39. The first-order chi connectivity index (χ1) is 8.60. The van der Waals surface area contributed by atoms with Crippen LogP contribution in [0, 0.1) is 5.92 Å². The van der Waals surface area contributed by atoms with E-state index in [9.17, 15) is 4.79 Å². The zero-order valence-corrected chi connectivity index (χ0v) is 12.1. The number of carbonyl (C=O) groups is 1. The quantitative estimate of drug-likeness (QED) is 0.432. The molecule has 5 heteroatoms. The first-order valence-electron chi connectivity index (χ1n) is 6.80. The molecule has 0 aliphatic carbocycles. The minimum absolute atomic E-state index is 0.0352. The average Bonchev–Trinajstić information content (AvgIpc) is 2.32. The van der Waals surface area contributed by atoms with Crippen molar-refractivity contribution in [1.29, 1.82) is 0 Å². The lowest BCUT2D eigenvalue weighted by Gasteiger charge is -2.17. The van der Waals surface area contributed by atoms with Gasteiger partial charge in [0.05, 0.1) is 6.54 Å². The summed E-state index contributed by atoms with van der Waals surface area (Å²) >= 11 is 0. The molecule has 0 spiro atoms. The Balaban J connectivity index is 3.54. The number of hydrogen-bond acceptors (Lipinski definition) is 4. The van der Waals surface area contributed by atoms with Crippen LogP contribution in [0.25, 0.3) is 0 Å². The molecule has 0 atom stereocenters. The van der Waals surface area contributed by atoms with Crippen LogP contribution in [0.5, 0.6) is 0 Å². The van der Waals surface area contributed by atoms with Crippen molar-refractivity contribution in [2.24, 2.45) is 5.92 Å². The second-order valence-electron chi connectivity index (χ2n) is 4.50. The third-order valence-corrected chi connectivity index (χ3v) is 2.25. The summed E-state index contributed by atoms with van der Waals surface area (Å²) in [6.45, 7) is 11.1. The molecule has 5 nitrogen and oxygen atoms in total. The number of ether oxygens (including phenoxy) is 2. The molecule has 0 aromatic heterocycles. The summed E-state index contributed by atoms with van der Waals surface area (Å²) in [7, 11) is 0. The molecule has 0 aromatic rings. The molecule has 0 aliphatic heterocycles. The van der Waals surface area contributed by atoms with Crippen LogP contribution in [0.2, 0.25) is 0 Å². The third-order valence-electron chi connectivity index (χ3n) is 2.25. The standard InChI is InChI=1S/C13H28N2O3/c1-5-17-13(18-6-2)7-8-14-10-12(16)15-9-11(3)4/h11,13-14H,5-10H2,1-4H3,(H,15,16). The summed E-state index contributed by atoms with van der Waals surface area (Å²) in [5, 5.41) is 5.94. The van der Waals surface area contributed by atoms with E-state index in [-0.39, 0.29) is 12.2 Å². The van der Waals surface area contributed by atoms with Crippen LogP contribution in [-0.2, 0) is 14.3 Å². The fourth-order valence-corrected chi connectivity index (χ4v) is 1.39. The molecule has 0 saturated carbocycles. The maximum Gasteiger partial charge on any atom is 0.233 e. The molecular weight excluding hydrogens is 232 g/mol. The summed E-state index contributed by atoms with van der Waals surface area (Å²) < 4.78 is 10.8. The Morgan fingerprint density at radius 1 is 1.17 bits per heavy atom. The number of rotatable bonds is 11. The van der Waals surface area contributed by atoms with Gasteiger partial charge < -0.3 is 20.1 Å². The van der Waals surface area contributed by atoms with Gasteiger partial charge in [-0.1, -0.05) is 13.8 Å². The molecule has 0 heterocycles. The van der Waals surface area contributed by atoms with E-state index in [2.05, 4.69) is 24.5 Å². The zero-order valence-electron chi connectivity index (χ0n) is 12.1. The van der Waals surface area contributed by atoms with Crippen molar-refractivity contribution >= 4 is 5.91 Å². The molecule has 1 amide bonds. The first kappa shape index (κ1) is 17.4. The molecule has 0 fully saturated rings. The normalized spacial score (nSPS) is 11.2. The molecule has 0 aromatic carbocycles. The van der Waals surface area contributed by atoms with Gasteiger partial charge in [-0.3, -0.25) is 4.79 Å². The van der Waals surface area contributed by atoms with Crippen LogP contribution < -0.4 is 10.6 Å². The van der Waals surface area contributed by atoms with Crippen molar-refractivity contribution < 1.29 is 14.3 Å². The van der Waals surface area contributed by atoms with Crippen molar-refractivity contribution in [2.75, 3.05) is 32.8 Å². The van der Waals surface area contributed by atoms with Crippen LogP contribution in [0.4, 0.5) is 0 Å². The Hall–Kier alpha value is -0.650.